The van der Waals surface area contributed by atoms with Crippen LogP contribution in [0.5, 0.6) is 0 Å². The van der Waals surface area contributed by atoms with Gasteiger partial charge in [-0.3, -0.25) is 0 Å². The Morgan fingerprint density at radius 3 is 2.64 bits per heavy atom. The highest BCUT2D eigenvalue weighted by molar-refractivity contribution is 6.54. The zero-order chi connectivity index (χ0) is 8.27. The molecule has 0 aromatic heterocycles. The molecule has 11 heavy (non-hydrogen) atoms. The fraction of sp³-hybridized carbons (Fsp3) is 0.500. The molecule has 0 spiro atoms. The molecule has 0 aromatic carbocycles. The number of rotatable bonds is 0. The van der Waals surface area contributed by atoms with E-state index in [1.807, 2.05) is 26.0 Å². The van der Waals surface area contributed by atoms with E-state index in [4.69, 9.17) is 4.65 Å². The van der Waals surface area contributed by atoms with Gasteiger partial charge in [0.25, 0.3) is 0 Å². The fourth-order valence-electron chi connectivity index (χ4n) is 1.31. The maximum Gasteiger partial charge on any atom is 0.491 e. The van der Waals surface area contributed by atoms with Gasteiger partial charge in [-0.2, -0.15) is 0 Å². The molecule has 1 fully saturated rings. The molecular formula is C8H13BO2. The molecule has 0 saturated carbocycles. The molecule has 0 amide bonds. The maximum absolute atomic E-state index is 9.34. The van der Waals surface area contributed by atoms with E-state index < -0.39 is 7.12 Å². The van der Waals surface area contributed by atoms with Gasteiger partial charge in [0.1, 0.15) is 0 Å². The Bertz CT molecular complexity index is 196. The van der Waals surface area contributed by atoms with Crippen molar-refractivity contribution in [2.75, 3.05) is 6.61 Å². The van der Waals surface area contributed by atoms with E-state index in [1.54, 1.807) is 0 Å². The number of hydrogen-bond donors (Lipinski definition) is 1. The van der Waals surface area contributed by atoms with Crippen molar-refractivity contribution in [2.45, 2.75) is 20.3 Å². The zero-order valence-corrected chi connectivity index (χ0v) is 7.00. The fourth-order valence-corrected chi connectivity index (χ4v) is 1.31. The molecule has 60 valence electrons. The van der Waals surface area contributed by atoms with Crippen molar-refractivity contribution in [3.63, 3.8) is 0 Å². The Hall–Kier alpha value is -0.535. The molecule has 1 aliphatic rings. The maximum atomic E-state index is 9.34. The lowest BCUT2D eigenvalue weighted by Gasteiger charge is -2.20. The van der Waals surface area contributed by atoms with Crippen LogP contribution in [0.2, 0.25) is 0 Å². The van der Waals surface area contributed by atoms with E-state index in [2.05, 4.69) is 0 Å². The van der Waals surface area contributed by atoms with Crippen LogP contribution in [-0.2, 0) is 4.65 Å². The molecule has 1 rings (SSSR count). The summed E-state index contributed by atoms with van der Waals surface area (Å²) in [6.45, 7) is 4.52. The van der Waals surface area contributed by atoms with Gasteiger partial charge in [-0.05, 0) is 25.7 Å². The van der Waals surface area contributed by atoms with E-state index in [9.17, 15) is 5.02 Å². The second-order valence-corrected chi connectivity index (χ2v) is 2.53. The second-order valence-electron chi connectivity index (χ2n) is 2.53. The molecule has 0 radical (unpaired) electrons. The van der Waals surface area contributed by atoms with E-state index in [-0.39, 0.29) is 0 Å². The average Bonchev–Trinajstić information content (AvgIpc) is 2.04. The van der Waals surface area contributed by atoms with Crippen molar-refractivity contribution < 1.29 is 9.68 Å². The van der Waals surface area contributed by atoms with Gasteiger partial charge >= 0.3 is 7.12 Å². The minimum Gasteiger partial charge on any atom is -0.423 e. The molecule has 3 heteroatoms. The van der Waals surface area contributed by atoms with Gasteiger partial charge in [-0.1, -0.05) is 17.7 Å². The molecule has 2 nitrogen and oxygen atoms in total. The Labute approximate surface area is 67.7 Å². The molecular weight excluding hydrogens is 139 g/mol. The van der Waals surface area contributed by atoms with Gasteiger partial charge < -0.3 is 9.68 Å². The van der Waals surface area contributed by atoms with Crippen molar-refractivity contribution >= 4 is 7.12 Å². The smallest absolute Gasteiger partial charge is 0.423 e. The third-order valence-electron chi connectivity index (χ3n) is 1.94. The molecule has 0 unspecified atom stereocenters. The zero-order valence-electron chi connectivity index (χ0n) is 7.00. The number of hydrogen-bond acceptors (Lipinski definition) is 2. The van der Waals surface area contributed by atoms with Crippen molar-refractivity contribution in [3.8, 4) is 0 Å². The SMILES string of the molecule is C/C=C1/CCOB(O)/C1=C/C. The summed E-state index contributed by atoms with van der Waals surface area (Å²) in [5.74, 6) is 0. The Kier molecular flexibility index (Phi) is 2.91. The highest BCUT2D eigenvalue weighted by Gasteiger charge is 2.25. The molecule has 0 bridgehead atoms. The van der Waals surface area contributed by atoms with Gasteiger partial charge in [-0.15, -0.1) is 0 Å². The van der Waals surface area contributed by atoms with Crippen molar-refractivity contribution in [1.29, 1.82) is 0 Å². The van der Waals surface area contributed by atoms with E-state index in [1.165, 1.54) is 5.57 Å². The van der Waals surface area contributed by atoms with Crippen LogP contribution in [0.25, 0.3) is 0 Å². The van der Waals surface area contributed by atoms with Gasteiger partial charge in [0, 0.05) is 6.61 Å². The van der Waals surface area contributed by atoms with Gasteiger partial charge in [0.05, 0.1) is 0 Å². The monoisotopic (exact) mass is 152 g/mol. The molecule has 1 heterocycles. The van der Waals surface area contributed by atoms with E-state index in [0.717, 1.165) is 11.9 Å². The molecule has 0 aromatic rings. The predicted molar refractivity (Wildman–Crippen MR) is 46.1 cm³/mol. The average molecular weight is 152 g/mol. The molecule has 1 N–H and O–H groups in total. The predicted octanol–water partition coefficient (Wildman–Crippen LogP) is 1.32. The molecule has 1 aliphatic heterocycles. The van der Waals surface area contributed by atoms with Crippen LogP contribution >= 0.6 is 0 Å². The lowest BCUT2D eigenvalue weighted by Crippen LogP contribution is -2.28. The van der Waals surface area contributed by atoms with Crippen LogP contribution in [0.15, 0.2) is 23.2 Å². The third-order valence-corrected chi connectivity index (χ3v) is 1.94. The van der Waals surface area contributed by atoms with Crippen LogP contribution in [0.1, 0.15) is 20.3 Å². The highest BCUT2D eigenvalue weighted by Crippen LogP contribution is 2.21. The summed E-state index contributed by atoms with van der Waals surface area (Å²) < 4.78 is 5.06. The van der Waals surface area contributed by atoms with E-state index in [0.29, 0.717) is 6.61 Å². The summed E-state index contributed by atoms with van der Waals surface area (Å²) in [6.07, 6.45) is 4.84. The summed E-state index contributed by atoms with van der Waals surface area (Å²) >= 11 is 0. The normalized spacial score (nSPS) is 26.6. The lowest BCUT2D eigenvalue weighted by atomic mass is 9.71. The Morgan fingerprint density at radius 1 is 1.45 bits per heavy atom. The van der Waals surface area contributed by atoms with Crippen molar-refractivity contribution in [3.05, 3.63) is 23.2 Å². The first-order valence-electron chi connectivity index (χ1n) is 3.91. The van der Waals surface area contributed by atoms with Crippen LogP contribution < -0.4 is 0 Å². The molecule has 0 atom stereocenters. The summed E-state index contributed by atoms with van der Waals surface area (Å²) in [4.78, 5) is 0. The molecule has 1 saturated heterocycles. The second kappa shape index (κ2) is 3.74. The summed E-state index contributed by atoms with van der Waals surface area (Å²) in [7, 11) is -0.708. The minimum absolute atomic E-state index is 0.623. The third kappa shape index (κ3) is 1.73. The summed E-state index contributed by atoms with van der Waals surface area (Å²) in [5.41, 5.74) is 2.12. The van der Waals surface area contributed by atoms with Crippen LogP contribution in [-0.4, -0.2) is 18.7 Å². The Morgan fingerprint density at radius 2 is 2.18 bits per heavy atom. The standard InChI is InChI=1S/C8H13BO2/c1-3-7-5-6-11-9(10)8(7)4-2/h3-4,10H,5-6H2,1-2H3/b7-3-,8-4+. The van der Waals surface area contributed by atoms with Crippen LogP contribution in [0.3, 0.4) is 0 Å². The largest absolute Gasteiger partial charge is 0.491 e. The first kappa shape index (κ1) is 8.56. The summed E-state index contributed by atoms with van der Waals surface area (Å²) in [6, 6.07) is 0. The number of allylic oxidation sites excluding steroid dienone is 3. The van der Waals surface area contributed by atoms with Gasteiger partial charge in [0.15, 0.2) is 0 Å². The highest BCUT2D eigenvalue weighted by atomic mass is 16.5. The minimum atomic E-state index is -0.708. The van der Waals surface area contributed by atoms with Crippen LogP contribution in [0.4, 0.5) is 0 Å². The van der Waals surface area contributed by atoms with Crippen molar-refractivity contribution in [1.82, 2.24) is 0 Å². The Balaban J connectivity index is 2.81. The van der Waals surface area contributed by atoms with Gasteiger partial charge in [0.2, 0.25) is 0 Å². The quantitative estimate of drug-likeness (QED) is 0.530. The van der Waals surface area contributed by atoms with Crippen LogP contribution in [0, 0.1) is 0 Å². The first-order valence-corrected chi connectivity index (χ1v) is 3.91. The van der Waals surface area contributed by atoms with Gasteiger partial charge in [-0.25, -0.2) is 0 Å². The van der Waals surface area contributed by atoms with Crippen molar-refractivity contribution in [2.24, 2.45) is 0 Å². The first-order chi connectivity index (χ1) is 5.29. The topological polar surface area (TPSA) is 29.5 Å². The molecule has 0 aliphatic carbocycles. The lowest BCUT2D eigenvalue weighted by molar-refractivity contribution is 0.259. The summed E-state index contributed by atoms with van der Waals surface area (Å²) in [5, 5.41) is 9.34. The van der Waals surface area contributed by atoms with E-state index >= 15 is 0 Å².